The van der Waals surface area contributed by atoms with Crippen LogP contribution in [-0.2, 0) is 0 Å². The zero-order valence-electron chi connectivity index (χ0n) is 12.0. The van der Waals surface area contributed by atoms with E-state index in [1.807, 2.05) is 13.8 Å². The smallest absolute Gasteiger partial charge is 0.135 e. The summed E-state index contributed by atoms with van der Waals surface area (Å²) in [6, 6.07) is 0.108. The number of nitrogens with zero attached hydrogens (tertiary/aromatic N) is 2. The van der Waals surface area contributed by atoms with Gasteiger partial charge in [0, 0.05) is 12.1 Å². The van der Waals surface area contributed by atoms with Crippen molar-refractivity contribution in [1.82, 2.24) is 9.97 Å². The van der Waals surface area contributed by atoms with Crippen molar-refractivity contribution in [3.05, 3.63) is 11.4 Å². The highest BCUT2D eigenvalue weighted by Gasteiger charge is 2.24. The third-order valence-corrected chi connectivity index (χ3v) is 3.65. The van der Waals surface area contributed by atoms with Crippen molar-refractivity contribution >= 4 is 11.6 Å². The zero-order valence-corrected chi connectivity index (χ0v) is 12.0. The fourth-order valence-electron chi connectivity index (χ4n) is 2.56. The van der Waals surface area contributed by atoms with Crippen molar-refractivity contribution in [2.24, 2.45) is 0 Å². The molecule has 1 aliphatic carbocycles. The monoisotopic (exact) mass is 264 g/mol. The molecule has 1 aromatic heterocycles. The van der Waals surface area contributed by atoms with Crippen LogP contribution in [0.5, 0.6) is 0 Å². The van der Waals surface area contributed by atoms with Gasteiger partial charge in [-0.1, -0.05) is 12.8 Å². The molecule has 0 saturated heterocycles. The van der Waals surface area contributed by atoms with E-state index in [4.69, 9.17) is 0 Å². The molecule has 3 N–H and O–H groups in total. The molecule has 2 unspecified atom stereocenters. The Bertz CT molecular complexity index is 436. The highest BCUT2D eigenvalue weighted by atomic mass is 16.3. The van der Waals surface area contributed by atoms with E-state index in [0.29, 0.717) is 0 Å². The SMILES string of the molecule is CCNc1nc(C)nc(NC2CCCCC2O)c1C. The second-order valence-electron chi connectivity index (χ2n) is 5.23. The fourth-order valence-corrected chi connectivity index (χ4v) is 2.56. The average Bonchev–Trinajstić information content (AvgIpc) is 2.38. The predicted octanol–water partition coefficient (Wildman–Crippen LogP) is 2.24. The summed E-state index contributed by atoms with van der Waals surface area (Å²) < 4.78 is 0. The molecule has 0 aromatic carbocycles. The van der Waals surface area contributed by atoms with E-state index in [2.05, 4.69) is 27.5 Å². The molecule has 1 heterocycles. The first-order chi connectivity index (χ1) is 9.11. The molecule has 0 aliphatic heterocycles. The minimum absolute atomic E-state index is 0.108. The van der Waals surface area contributed by atoms with Gasteiger partial charge in [0.1, 0.15) is 17.5 Å². The van der Waals surface area contributed by atoms with Crippen LogP contribution in [-0.4, -0.2) is 33.8 Å². The minimum atomic E-state index is -0.272. The van der Waals surface area contributed by atoms with Gasteiger partial charge in [-0.05, 0) is 33.6 Å². The molecule has 19 heavy (non-hydrogen) atoms. The van der Waals surface area contributed by atoms with Crippen LogP contribution < -0.4 is 10.6 Å². The van der Waals surface area contributed by atoms with E-state index in [0.717, 1.165) is 55.3 Å². The Kier molecular flexibility index (Phi) is 4.58. The Balaban J connectivity index is 2.19. The Labute approximate surface area is 114 Å². The third-order valence-electron chi connectivity index (χ3n) is 3.65. The summed E-state index contributed by atoms with van der Waals surface area (Å²) in [7, 11) is 0. The number of aliphatic hydroxyl groups excluding tert-OH is 1. The molecular formula is C14H24N4O. The van der Waals surface area contributed by atoms with Crippen LogP contribution in [0.25, 0.3) is 0 Å². The lowest BCUT2D eigenvalue weighted by Crippen LogP contribution is -2.37. The van der Waals surface area contributed by atoms with E-state index in [1.54, 1.807) is 0 Å². The fraction of sp³-hybridized carbons (Fsp3) is 0.714. The normalized spacial score (nSPS) is 23.2. The van der Waals surface area contributed by atoms with Crippen LogP contribution in [0.4, 0.5) is 11.6 Å². The maximum atomic E-state index is 10.0. The molecule has 0 radical (unpaired) electrons. The standard InChI is InChI=1S/C14H24N4O/c1-4-15-13-9(2)14(17-10(3)16-13)18-11-7-5-6-8-12(11)19/h11-12,19H,4-8H2,1-3H3,(H2,15,16,17,18). The second kappa shape index (κ2) is 6.19. The summed E-state index contributed by atoms with van der Waals surface area (Å²) in [5.41, 5.74) is 1.02. The Morgan fingerprint density at radius 3 is 2.53 bits per heavy atom. The number of anilines is 2. The summed E-state index contributed by atoms with van der Waals surface area (Å²) in [6.45, 7) is 6.79. The summed E-state index contributed by atoms with van der Waals surface area (Å²) in [5, 5.41) is 16.7. The van der Waals surface area contributed by atoms with Crippen LogP contribution in [0, 0.1) is 13.8 Å². The van der Waals surface area contributed by atoms with Gasteiger partial charge in [0.15, 0.2) is 0 Å². The molecule has 0 bridgehead atoms. The first-order valence-corrected chi connectivity index (χ1v) is 7.15. The van der Waals surface area contributed by atoms with Gasteiger partial charge in [-0.3, -0.25) is 0 Å². The number of hydrogen-bond acceptors (Lipinski definition) is 5. The highest BCUT2D eigenvalue weighted by molar-refractivity contribution is 5.57. The number of hydrogen-bond donors (Lipinski definition) is 3. The molecule has 1 aromatic rings. The topological polar surface area (TPSA) is 70.1 Å². The lowest BCUT2D eigenvalue weighted by molar-refractivity contribution is 0.116. The van der Waals surface area contributed by atoms with E-state index in [9.17, 15) is 5.11 Å². The second-order valence-corrected chi connectivity index (χ2v) is 5.23. The molecule has 1 saturated carbocycles. The van der Waals surface area contributed by atoms with Gasteiger partial charge in [-0.2, -0.15) is 0 Å². The molecule has 2 rings (SSSR count). The molecule has 106 valence electrons. The summed E-state index contributed by atoms with van der Waals surface area (Å²) in [5.74, 6) is 2.46. The van der Waals surface area contributed by atoms with Crippen LogP contribution >= 0.6 is 0 Å². The first-order valence-electron chi connectivity index (χ1n) is 7.15. The average molecular weight is 264 g/mol. The lowest BCUT2D eigenvalue weighted by Gasteiger charge is -2.29. The van der Waals surface area contributed by atoms with Gasteiger partial charge < -0.3 is 15.7 Å². The molecular weight excluding hydrogens is 240 g/mol. The van der Waals surface area contributed by atoms with Crippen LogP contribution in [0.1, 0.15) is 44.0 Å². The molecule has 5 heteroatoms. The maximum Gasteiger partial charge on any atom is 0.135 e. The van der Waals surface area contributed by atoms with Crippen LogP contribution in [0.2, 0.25) is 0 Å². The minimum Gasteiger partial charge on any atom is -0.391 e. The van der Waals surface area contributed by atoms with Crippen molar-refractivity contribution in [1.29, 1.82) is 0 Å². The third kappa shape index (κ3) is 3.35. The molecule has 2 atom stereocenters. The van der Waals surface area contributed by atoms with Gasteiger partial charge in [0.25, 0.3) is 0 Å². The van der Waals surface area contributed by atoms with Gasteiger partial charge >= 0.3 is 0 Å². The Morgan fingerprint density at radius 2 is 1.84 bits per heavy atom. The number of aryl methyl sites for hydroxylation is 1. The number of aliphatic hydroxyl groups is 1. The summed E-state index contributed by atoms with van der Waals surface area (Å²) >= 11 is 0. The van der Waals surface area contributed by atoms with Gasteiger partial charge in [0.2, 0.25) is 0 Å². The van der Waals surface area contributed by atoms with E-state index >= 15 is 0 Å². The Hall–Kier alpha value is -1.36. The van der Waals surface area contributed by atoms with Crippen molar-refractivity contribution in [3.8, 4) is 0 Å². The lowest BCUT2D eigenvalue weighted by atomic mass is 9.92. The predicted molar refractivity (Wildman–Crippen MR) is 77.6 cm³/mol. The molecule has 0 spiro atoms. The number of aromatic nitrogens is 2. The van der Waals surface area contributed by atoms with Gasteiger partial charge in [-0.15, -0.1) is 0 Å². The van der Waals surface area contributed by atoms with Crippen LogP contribution in [0.15, 0.2) is 0 Å². The van der Waals surface area contributed by atoms with Crippen molar-refractivity contribution in [3.63, 3.8) is 0 Å². The van der Waals surface area contributed by atoms with Crippen LogP contribution in [0.3, 0.4) is 0 Å². The first kappa shape index (κ1) is 14.1. The Morgan fingerprint density at radius 1 is 1.16 bits per heavy atom. The quantitative estimate of drug-likeness (QED) is 0.778. The summed E-state index contributed by atoms with van der Waals surface area (Å²) in [6.07, 6.45) is 3.88. The zero-order chi connectivity index (χ0) is 13.8. The number of rotatable bonds is 4. The maximum absolute atomic E-state index is 10.0. The van der Waals surface area contributed by atoms with Gasteiger partial charge in [0.05, 0.1) is 12.1 Å². The van der Waals surface area contributed by atoms with E-state index in [1.165, 1.54) is 0 Å². The molecule has 5 nitrogen and oxygen atoms in total. The highest BCUT2D eigenvalue weighted by Crippen LogP contribution is 2.25. The van der Waals surface area contributed by atoms with E-state index < -0.39 is 0 Å². The van der Waals surface area contributed by atoms with E-state index in [-0.39, 0.29) is 12.1 Å². The van der Waals surface area contributed by atoms with Crippen molar-refractivity contribution in [2.45, 2.75) is 58.6 Å². The number of nitrogens with one attached hydrogen (secondary N) is 2. The largest absolute Gasteiger partial charge is 0.391 e. The van der Waals surface area contributed by atoms with Crippen molar-refractivity contribution in [2.75, 3.05) is 17.2 Å². The molecule has 1 fully saturated rings. The van der Waals surface area contributed by atoms with Crippen molar-refractivity contribution < 1.29 is 5.11 Å². The summed E-state index contributed by atoms with van der Waals surface area (Å²) in [4.78, 5) is 8.88. The van der Waals surface area contributed by atoms with Gasteiger partial charge in [-0.25, -0.2) is 9.97 Å². The molecule has 0 amide bonds. The molecule has 1 aliphatic rings.